The van der Waals surface area contributed by atoms with E-state index in [1.807, 2.05) is 30.5 Å². The van der Waals surface area contributed by atoms with Gasteiger partial charge in [-0.1, -0.05) is 29.8 Å². The summed E-state index contributed by atoms with van der Waals surface area (Å²) in [4.78, 5) is 16.1. The number of hydrogen-bond donors (Lipinski definition) is 3. The highest BCUT2D eigenvalue weighted by atomic mass is 35.5. The summed E-state index contributed by atoms with van der Waals surface area (Å²) >= 11 is 6.47. The van der Waals surface area contributed by atoms with Crippen molar-refractivity contribution < 1.29 is 14.3 Å². The van der Waals surface area contributed by atoms with E-state index < -0.39 is 6.03 Å². The first kappa shape index (κ1) is 21.4. The zero-order valence-corrected chi connectivity index (χ0v) is 17.3. The van der Waals surface area contributed by atoms with Crippen molar-refractivity contribution in [2.75, 3.05) is 12.1 Å². The molecule has 0 spiro atoms. The molecule has 156 valence electrons. The number of aryl methyl sites for hydroxylation is 1. The molecular weight excluding hydrogens is 406 g/mol. The van der Waals surface area contributed by atoms with Crippen LogP contribution < -0.4 is 31.6 Å². The minimum Gasteiger partial charge on any atom is -0.497 e. The Bertz CT molecular complexity index is 1060. The third-order valence-electron chi connectivity index (χ3n) is 4.50. The molecule has 2 aromatic carbocycles. The summed E-state index contributed by atoms with van der Waals surface area (Å²) < 4.78 is 11.2. The van der Waals surface area contributed by atoms with Crippen molar-refractivity contribution >= 4 is 23.3 Å². The number of methoxy groups -OCH3 is 1. The summed E-state index contributed by atoms with van der Waals surface area (Å²) in [5.74, 6) is 12.2. The summed E-state index contributed by atoms with van der Waals surface area (Å²) in [6.07, 6.45) is 1.68. The molecule has 2 amide bonds. The predicted octanol–water partition coefficient (Wildman–Crippen LogP) is 3.56. The average Bonchev–Trinajstić information content (AvgIpc) is 2.78. The second-order valence-corrected chi connectivity index (χ2v) is 6.82. The van der Waals surface area contributed by atoms with Crippen molar-refractivity contribution in [3.05, 3.63) is 70.9 Å². The number of aromatic nitrogens is 1. The van der Waals surface area contributed by atoms with Gasteiger partial charge in [0.15, 0.2) is 0 Å². The Morgan fingerprint density at radius 3 is 2.73 bits per heavy atom. The van der Waals surface area contributed by atoms with E-state index in [1.54, 1.807) is 43.6 Å². The number of carbonyl (C=O) groups is 1. The van der Waals surface area contributed by atoms with Crippen molar-refractivity contribution in [2.45, 2.75) is 13.5 Å². The van der Waals surface area contributed by atoms with Crippen molar-refractivity contribution in [3.8, 4) is 22.8 Å². The van der Waals surface area contributed by atoms with Gasteiger partial charge in [-0.25, -0.2) is 21.5 Å². The fourth-order valence-electron chi connectivity index (χ4n) is 2.93. The number of carbonyl (C=O) groups excluding carboxylic acids is 1. The molecule has 8 nitrogen and oxygen atoms in total. The van der Waals surface area contributed by atoms with Crippen LogP contribution in [0.3, 0.4) is 0 Å². The van der Waals surface area contributed by atoms with E-state index in [0.29, 0.717) is 27.8 Å². The topological polar surface area (TPSA) is 116 Å². The number of rotatable bonds is 6. The standard InChI is InChI=1S/C21H22ClN5O3/c1-13-9-20(17(22)11-16(13)18-10-15(29-2)7-8-25-18)30-12-14-5-3-4-6-19(14)27(24)21(28)26-23/h3-11H,12,23-24H2,1-2H3,(H,26,28). The molecule has 0 aliphatic carbocycles. The van der Waals surface area contributed by atoms with Gasteiger partial charge in [0.05, 0.1) is 23.5 Å². The molecule has 0 atom stereocenters. The van der Waals surface area contributed by atoms with Gasteiger partial charge in [-0.3, -0.25) is 10.4 Å². The van der Waals surface area contributed by atoms with Crippen molar-refractivity contribution in [1.82, 2.24) is 10.4 Å². The number of nitrogens with zero attached hydrogens (tertiary/aromatic N) is 2. The van der Waals surface area contributed by atoms with E-state index in [0.717, 1.165) is 21.8 Å². The maximum atomic E-state index is 11.7. The lowest BCUT2D eigenvalue weighted by molar-refractivity contribution is 0.246. The summed E-state index contributed by atoms with van der Waals surface area (Å²) in [7, 11) is 1.60. The highest BCUT2D eigenvalue weighted by Crippen LogP contribution is 2.34. The Morgan fingerprint density at radius 1 is 1.23 bits per heavy atom. The van der Waals surface area contributed by atoms with Crippen LogP contribution in [0.15, 0.2) is 54.7 Å². The van der Waals surface area contributed by atoms with Crippen LogP contribution in [0.25, 0.3) is 11.3 Å². The molecule has 0 saturated carbocycles. The number of ether oxygens (including phenoxy) is 2. The molecule has 1 aromatic heterocycles. The zero-order valence-electron chi connectivity index (χ0n) is 16.6. The van der Waals surface area contributed by atoms with E-state index in [9.17, 15) is 4.79 Å². The van der Waals surface area contributed by atoms with Crippen molar-refractivity contribution in [1.29, 1.82) is 0 Å². The molecule has 0 saturated heterocycles. The lowest BCUT2D eigenvalue weighted by Gasteiger charge is -2.20. The van der Waals surface area contributed by atoms with Gasteiger partial charge in [-0.15, -0.1) is 0 Å². The second-order valence-electron chi connectivity index (χ2n) is 6.42. The minimum atomic E-state index is -0.647. The summed E-state index contributed by atoms with van der Waals surface area (Å²) in [5, 5.41) is 1.35. The van der Waals surface area contributed by atoms with Crippen LogP contribution in [0.5, 0.6) is 11.5 Å². The van der Waals surface area contributed by atoms with E-state index in [4.69, 9.17) is 32.8 Å². The molecule has 9 heteroatoms. The van der Waals surface area contributed by atoms with E-state index >= 15 is 0 Å². The first-order valence-electron chi connectivity index (χ1n) is 9.01. The van der Waals surface area contributed by atoms with Crippen molar-refractivity contribution in [2.24, 2.45) is 11.7 Å². The molecule has 0 fully saturated rings. The molecule has 5 N–H and O–H groups in total. The monoisotopic (exact) mass is 427 g/mol. The Labute approximate surface area is 179 Å². The Hall–Kier alpha value is -3.33. The van der Waals surface area contributed by atoms with Crippen LogP contribution in [0.2, 0.25) is 5.02 Å². The Balaban J connectivity index is 1.84. The van der Waals surface area contributed by atoms with Gasteiger partial charge >= 0.3 is 6.03 Å². The molecule has 3 aromatic rings. The van der Waals surface area contributed by atoms with Crippen LogP contribution in [-0.4, -0.2) is 18.1 Å². The van der Waals surface area contributed by atoms with Crippen LogP contribution in [0.4, 0.5) is 10.5 Å². The van der Waals surface area contributed by atoms with E-state index in [2.05, 4.69) is 4.98 Å². The molecular formula is C21H22ClN5O3. The quantitative estimate of drug-likeness (QED) is 0.314. The van der Waals surface area contributed by atoms with Gasteiger partial charge in [-0.05, 0) is 36.8 Å². The number of anilines is 1. The number of nitrogens with two attached hydrogens (primary N) is 2. The van der Waals surface area contributed by atoms with Crippen LogP contribution in [0, 0.1) is 6.92 Å². The highest BCUT2D eigenvalue weighted by Gasteiger charge is 2.16. The lowest BCUT2D eigenvalue weighted by Crippen LogP contribution is -2.48. The molecule has 0 radical (unpaired) electrons. The molecule has 30 heavy (non-hydrogen) atoms. The average molecular weight is 428 g/mol. The number of hydrogen-bond acceptors (Lipinski definition) is 6. The number of halogens is 1. The lowest BCUT2D eigenvalue weighted by atomic mass is 10.0. The fourth-order valence-corrected chi connectivity index (χ4v) is 3.15. The van der Waals surface area contributed by atoms with Gasteiger partial charge in [-0.2, -0.15) is 0 Å². The number of benzene rings is 2. The van der Waals surface area contributed by atoms with Crippen LogP contribution in [-0.2, 0) is 6.61 Å². The smallest absolute Gasteiger partial charge is 0.350 e. The maximum absolute atomic E-state index is 11.7. The van der Waals surface area contributed by atoms with Gasteiger partial charge in [0.25, 0.3) is 0 Å². The van der Waals surface area contributed by atoms with Crippen molar-refractivity contribution in [3.63, 3.8) is 0 Å². The summed E-state index contributed by atoms with van der Waals surface area (Å²) in [6, 6.07) is 13.7. The minimum absolute atomic E-state index is 0.150. The van der Waals surface area contributed by atoms with Gasteiger partial charge < -0.3 is 9.47 Å². The highest BCUT2D eigenvalue weighted by molar-refractivity contribution is 6.32. The molecule has 1 heterocycles. The third kappa shape index (κ3) is 4.62. The Morgan fingerprint density at radius 2 is 2.00 bits per heavy atom. The SMILES string of the molecule is COc1ccnc(-c2cc(Cl)c(OCc3ccccc3N(N)C(=O)NN)cc2C)c1. The Kier molecular flexibility index (Phi) is 6.73. The first-order valence-corrected chi connectivity index (χ1v) is 9.39. The number of pyridine rings is 1. The fraction of sp³-hybridized carbons (Fsp3) is 0.143. The second kappa shape index (κ2) is 9.45. The molecule has 0 bridgehead atoms. The number of urea groups is 1. The molecule has 0 aliphatic heterocycles. The third-order valence-corrected chi connectivity index (χ3v) is 4.79. The molecule has 0 unspecified atom stereocenters. The number of nitrogens with one attached hydrogen (secondary N) is 1. The van der Waals surface area contributed by atoms with E-state index in [-0.39, 0.29) is 6.61 Å². The maximum Gasteiger partial charge on any atom is 0.350 e. The summed E-state index contributed by atoms with van der Waals surface area (Å²) in [6.45, 7) is 2.10. The predicted molar refractivity (Wildman–Crippen MR) is 116 cm³/mol. The molecule has 0 aliphatic rings. The largest absolute Gasteiger partial charge is 0.497 e. The number of para-hydroxylation sites is 1. The van der Waals surface area contributed by atoms with Crippen LogP contribution >= 0.6 is 11.6 Å². The van der Waals surface area contributed by atoms with Gasteiger partial charge in [0.2, 0.25) is 0 Å². The molecule has 3 rings (SSSR count). The zero-order chi connectivity index (χ0) is 21.7. The number of amides is 2. The summed E-state index contributed by atoms with van der Waals surface area (Å²) in [5.41, 5.74) is 5.71. The first-order chi connectivity index (χ1) is 14.4. The van der Waals surface area contributed by atoms with Gasteiger partial charge in [0.1, 0.15) is 18.1 Å². The normalized spacial score (nSPS) is 10.4. The van der Waals surface area contributed by atoms with E-state index in [1.165, 1.54) is 0 Å². The van der Waals surface area contributed by atoms with Crippen LogP contribution in [0.1, 0.15) is 11.1 Å². The number of hydrazine groups is 2. The van der Waals surface area contributed by atoms with Gasteiger partial charge in [0, 0.05) is 23.4 Å².